The van der Waals surface area contributed by atoms with Crippen LogP contribution in [0.3, 0.4) is 0 Å². The Morgan fingerprint density at radius 1 is 1.56 bits per heavy atom. The minimum absolute atomic E-state index is 0.0795. The Kier molecular flexibility index (Phi) is 2.51. The molecule has 1 aromatic rings. The highest BCUT2D eigenvalue weighted by molar-refractivity contribution is 5.92. The van der Waals surface area contributed by atoms with E-state index in [9.17, 15) is 4.79 Å². The van der Waals surface area contributed by atoms with Crippen molar-refractivity contribution < 1.29 is 14.3 Å². The van der Waals surface area contributed by atoms with Crippen LogP contribution in [0.25, 0.3) is 0 Å². The molecule has 4 nitrogen and oxygen atoms in total. The highest BCUT2D eigenvalue weighted by Gasteiger charge is 2.43. The van der Waals surface area contributed by atoms with Gasteiger partial charge in [0.2, 0.25) is 0 Å². The van der Waals surface area contributed by atoms with Gasteiger partial charge in [0.1, 0.15) is 11.9 Å². The molecule has 0 unspecified atom stereocenters. The second-order valence-electron chi connectivity index (χ2n) is 4.55. The maximum absolute atomic E-state index is 11.9. The van der Waals surface area contributed by atoms with Crippen molar-refractivity contribution in [3.05, 3.63) is 36.4 Å². The standard InChI is InChI=1S/C14H15NO3/c1-3-13-12-6-4-9-8-10(17-2)5-7-11(9)15(12)14(16)18-13/h3,5,7-8,12-13H,1,4,6H2,2H3/t12-,13+/m0/s1. The molecule has 18 heavy (non-hydrogen) atoms. The molecule has 4 heteroatoms. The summed E-state index contributed by atoms with van der Waals surface area (Å²) in [7, 11) is 1.64. The fraction of sp³-hybridized carbons (Fsp3) is 0.357. The zero-order valence-electron chi connectivity index (χ0n) is 10.3. The quantitative estimate of drug-likeness (QED) is 0.751. The highest BCUT2D eigenvalue weighted by Crippen LogP contribution is 2.38. The van der Waals surface area contributed by atoms with Gasteiger partial charge in [-0.05, 0) is 42.7 Å². The van der Waals surface area contributed by atoms with Crippen LogP contribution in [0.2, 0.25) is 0 Å². The largest absolute Gasteiger partial charge is 0.497 e. The molecule has 2 aliphatic rings. The number of fused-ring (bicyclic) bond motifs is 3. The average molecular weight is 245 g/mol. The molecule has 0 N–H and O–H groups in total. The van der Waals surface area contributed by atoms with Crippen molar-refractivity contribution >= 4 is 11.8 Å². The summed E-state index contributed by atoms with van der Waals surface area (Å²) in [4.78, 5) is 13.7. The molecule has 0 spiro atoms. The first-order chi connectivity index (χ1) is 8.74. The minimum Gasteiger partial charge on any atom is -0.497 e. The average Bonchev–Trinajstić information content (AvgIpc) is 2.75. The maximum atomic E-state index is 11.9. The zero-order valence-corrected chi connectivity index (χ0v) is 10.3. The molecule has 0 bridgehead atoms. The van der Waals surface area contributed by atoms with Crippen molar-refractivity contribution in [1.82, 2.24) is 0 Å². The first kappa shape index (κ1) is 11.1. The van der Waals surface area contributed by atoms with Crippen molar-refractivity contribution in [1.29, 1.82) is 0 Å². The van der Waals surface area contributed by atoms with Gasteiger partial charge in [0, 0.05) is 0 Å². The van der Waals surface area contributed by atoms with Crippen LogP contribution in [0.15, 0.2) is 30.9 Å². The van der Waals surface area contributed by atoms with Crippen LogP contribution < -0.4 is 9.64 Å². The number of cyclic esters (lactones) is 1. The number of rotatable bonds is 2. The molecule has 2 atom stereocenters. The number of carbonyl (C=O) groups is 1. The summed E-state index contributed by atoms with van der Waals surface area (Å²) in [5, 5.41) is 0. The van der Waals surface area contributed by atoms with Crippen LogP contribution >= 0.6 is 0 Å². The van der Waals surface area contributed by atoms with Crippen LogP contribution in [-0.4, -0.2) is 25.3 Å². The molecule has 1 amide bonds. The summed E-state index contributed by atoms with van der Waals surface area (Å²) >= 11 is 0. The van der Waals surface area contributed by atoms with Gasteiger partial charge >= 0.3 is 6.09 Å². The molecule has 0 saturated carbocycles. The highest BCUT2D eigenvalue weighted by atomic mass is 16.6. The van der Waals surface area contributed by atoms with Gasteiger partial charge in [-0.2, -0.15) is 0 Å². The fourth-order valence-electron chi connectivity index (χ4n) is 2.74. The molecule has 1 saturated heterocycles. The van der Waals surface area contributed by atoms with Gasteiger partial charge < -0.3 is 9.47 Å². The van der Waals surface area contributed by atoms with E-state index in [1.807, 2.05) is 18.2 Å². The molecule has 0 aromatic heterocycles. The van der Waals surface area contributed by atoms with Crippen LogP contribution in [0.5, 0.6) is 5.75 Å². The lowest BCUT2D eigenvalue weighted by Gasteiger charge is -2.30. The molecule has 0 aliphatic carbocycles. The summed E-state index contributed by atoms with van der Waals surface area (Å²) in [6.07, 6.45) is 3.04. The monoisotopic (exact) mass is 245 g/mol. The lowest BCUT2D eigenvalue weighted by atomic mass is 9.93. The van der Waals surface area contributed by atoms with Crippen LogP contribution in [0, 0.1) is 0 Å². The Hall–Kier alpha value is -1.97. The zero-order chi connectivity index (χ0) is 12.7. The van der Waals surface area contributed by atoms with Crippen molar-refractivity contribution in [3.8, 4) is 5.75 Å². The Labute approximate surface area is 106 Å². The van der Waals surface area contributed by atoms with E-state index < -0.39 is 0 Å². The summed E-state index contributed by atoms with van der Waals surface area (Å²) in [6.45, 7) is 3.73. The Balaban J connectivity index is 2.03. The van der Waals surface area contributed by atoms with Gasteiger partial charge in [-0.15, -0.1) is 0 Å². The molecule has 94 valence electrons. The number of nitrogens with zero attached hydrogens (tertiary/aromatic N) is 1. The third-order valence-corrected chi connectivity index (χ3v) is 3.63. The van der Waals surface area contributed by atoms with E-state index in [0.717, 1.165) is 29.8 Å². The number of hydrogen-bond donors (Lipinski definition) is 0. The number of amides is 1. The number of aryl methyl sites for hydroxylation is 1. The van der Waals surface area contributed by atoms with Crippen molar-refractivity contribution in [2.75, 3.05) is 12.0 Å². The van der Waals surface area contributed by atoms with Crippen LogP contribution in [0.4, 0.5) is 10.5 Å². The van der Waals surface area contributed by atoms with Crippen molar-refractivity contribution in [2.45, 2.75) is 25.0 Å². The van der Waals surface area contributed by atoms with Gasteiger partial charge in [0.05, 0.1) is 18.8 Å². The molecular formula is C14H15NO3. The summed E-state index contributed by atoms with van der Waals surface area (Å²) < 4.78 is 10.5. The predicted octanol–water partition coefficient (Wildman–Crippen LogP) is 2.52. The molecule has 2 aliphatic heterocycles. The number of anilines is 1. The summed E-state index contributed by atoms with van der Waals surface area (Å²) in [5.74, 6) is 0.819. The lowest BCUT2D eigenvalue weighted by molar-refractivity contribution is 0.153. The number of ether oxygens (including phenoxy) is 2. The summed E-state index contributed by atoms with van der Waals surface area (Å²) in [5.41, 5.74) is 2.06. The Bertz CT molecular complexity index is 512. The second-order valence-corrected chi connectivity index (χ2v) is 4.55. The van der Waals surface area contributed by atoms with E-state index in [4.69, 9.17) is 9.47 Å². The molecular weight excluding hydrogens is 230 g/mol. The lowest BCUT2D eigenvalue weighted by Crippen LogP contribution is -2.39. The number of benzene rings is 1. The number of hydrogen-bond acceptors (Lipinski definition) is 3. The molecule has 0 radical (unpaired) electrons. The minimum atomic E-state index is -0.281. The topological polar surface area (TPSA) is 38.8 Å². The SMILES string of the molecule is C=C[C@H]1OC(=O)N2c3ccc(OC)cc3CC[C@@H]12. The van der Waals surface area contributed by atoms with E-state index in [0.29, 0.717) is 0 Å². The van der Waals surface area contributed by atoms with Gasteiger partial charge in [-0.3, -0.25) is 4.90 Å². The van der Waals surface area contributed by atoms with Gasteiger partial charge in [-0.25, -0.2) is 4.79 Å². The van der Waals surface area contributed by atoms with Crippen LogP contribution in [0.1, 0.15) is 12.0 Å². The second kappa shape index (κ2) is 4.05. The number of carbonyl (C=O) groups excluding carboxylic acids is 1. The Morgan fingerprint density at radius 2 is 2.39 bits per heavy atom. The maximum Gasteiger partial charge on any atom is 0.415 e. The van der Waals surface area contributed by atoms with Crippen molar-refractivity contribution in [2.24, 2.45) is 0 Å². The number of methoxy groups -OCH3 is 1. The van der Waals surface area contributed by atoms with E-state index in [-0.39, 0.29) is 18.2 Å². The third-order valence-electron chi connectivity index (χ3n) is 3.63. The van der Waals surface area contributed by atoms with Gasteiger partial charge in [0.15, 0.2) is 0 Å². The third kappa shape index (κ3) is 1.49. The summed E-state index contributed by atoms with van der Waals surface area (Å²) in [6, 6.07) is 5.86. The fourth-order valence-corrected chi connectivity index (χ4v) is 2.74. The normalized spacial score (nSPS) is 25.2. The molecule has 1 aromatic carbocycles. The van der Waals surface area contributed by atoms with Crippen molar-refractivity contribution in [3.63, 3.8) is 0 Å². The van der Waals surface area contributed by atoms with E-state index in [1.54, 1.807) is 18.1 Å². The predicted molar refractivity (Wildman–Crippen MR) is 68.0 cm³/mol. The van der Waals surface area contributed by atoms with E-state index in [1.165, 1.54) is 0 Å². The Morgan fingerprint density at radius 3 is 3.11 bits per heavy atom. The van der Waals surface area contributed by atoms with Gasteiger partial charge in [0.25, 0.3) is 0 Å². The van der Waals surface area contributed by atoms with E-state index >= 15 is 0 Å². The molecule has 3 rings (SSSR count). The first-order valence-electron chi connectivity index (χ1n) is 6.04. The first-order valence-corrected chi connectivity index (χ1v) is 6.04. The van der Waals surface area contributed by atoms with Crippen LogP contribution in [-0.2, 0) is 11.2 Å². The van der Waals surface area contributed by atoms with Gasteiger partial charge in [-0.1, -0.05) is 6.58 Å². The molecule has 2 heterocycles. The smallest absolute Gasteiger partial charge is 0.415 e. The van der Waals surface area contributed by atoms with E-state index in [2.05, 4.69) is 6.58 Å². The molecule has 1 fully saturated rings.